The highest BCUT2D eigenvalue weighted by atomic mass is 16.5. The summed E-state index contributed by atoms with van der Waals surface area (Å²) in [5, 5.41) is 0. The smallest absolute Gasteiger partial charge is 0.315 e. The number of esters is 1. The van der Waals surface area contributed by atoms with E-state index >= 15 is 0 Å². The SMILES string of the molecule is C=C1[C@H]2CC[C@H](C2)[C@@]1(C)C(=O)OC. The Morgan fingerprint density at radius 3 is 2.77 bits per heavy atom. The first-order valence-electron chi connectivity index (χ1n) is 4.88. The van der Waals surface area contributed by atoms with Crippen molar-refractivity contribution < 1.29 is 9.53 Å². The third kappa shape index (κ3) is 0.917. The van der Waals surface area contributed by atoms with Crippen LogP contribution in [0.5, 0.6) is 0 Å². The fourth-order valence-electron chi connectivity index (χ4n) is 3.02. The molecule has 0 heterocycles. The summed E-state index contributed by atoms with van der Waals surface area (Å²) in [5.41, 5.74) is 0.730. The number of fused-ring (bicyclic) bond motifs is 2. The van der Waals surface area contributed by atoms with Crippen LogP contribution in [-0.2, 0) is 9.53 Å². The van der Waals surface area contributed by atoms with Crippen molar-refractivity contribution in [2.45, 2.75) is 26.2 Å². The molecule has 0 unspecified atom stereocenters. The molecule has 72 valence electrons. The van der Waals surface area contributed by atoms with Gasteiger partial charge in [0.15, 0.2) is 0 Å². The van der Waals surface area contributed by atoms with E-state index in [-0.39, 0.29) is 11.4 Å². The fourth-order valence-corrected chi connectivity index (χ4v) is 3.02. The molecule has 0 aliphatic heterocycles. The molecular formula is C11H16O2. The monoisotopic (exact) mass is 180 g/mol. The molecule has 0 aromatic carbocycles. The van der Waals surface area contributed by atoms with Gasteiger partial charge in [0, 0.05) is 0 Å². The molecule has 13 heavy (non-hydrogen) atoms. The maximum Gasteiger partial charge on any atom is 0.315 e. The van der Waals surface area contributed by atoms with Crippen LogP contribution in [-0.4, -0.2) is 13.1 Å². The molecular weight excluding hydrogens is 164 g/mol. The van der Waals surface area contributed by atoms with Crippen LogP contribution in [0, 0.1) is 17.3 Å². The van der Waals surface area contributed by atoms with E-state index in [0.29, 0.717) is 11.8 Å². The Kier molecular flexibility index (Phi) is 1.76. The van der Waals surface area contributed by atoms with Gasteiger partial charge in [0.2, 0.25) is 0 Å². The van der Waals surface area contributed by atoms with Crippen LogP contribution in [0.25, 0.3) is 0 Å². The molecule has 2 rings (SSSR count). The van der Waals surface area contributed by atoms with Gasteiger partial charge in [-0.3, -0.25) is 4.79 Å². The lowest BCUT2D eigenvalue weighted by molar-refractivity contribution is -0.151. The summed E-state index contributed by atoms with van der Waals surface area (Å²) >= 11 is 0. The highest BCUT2D eigenvalue weighted by molar-refractivity contribution is 5.81. The maximum atomic E-state index is 11.7. The predicted octanol–water partition coefficient (Wildman–Crippen LogP) is 2.15. The minimum absolute atomic E-state index is 0.0929. The Labute approximate surface area is 79.0 Å². The summed E-state index contributed by atoms with van der Waals surface area (Å²) < 4.78 is 4.86. The number of carbonyl (C=O) groups is 1. The predicted molar refractivity (Wildman–Crippen MR) is 50.1 cm³/mol. The van der Waals surface area contributed by atoms with Crippen LogP contribution in [0.15, 0.2) is 12.2 Å². The van der Waals surface area contributed by atoms with Crippen molar-refractivity contribution in [1.29, 1.82) is 0 Å². The number of ether oxygens (including phenoxy) is 1. The first kappa shape index (κ1) is 8.79. The highest BCUT2D eigenvalue weighted by Crippen LogP contribution is 2.58. The molecule has 2 aliphatic carbocycles. The first-order valence-corrected chi connectivity index (χ1v) is 4.88. The molecule has 0 aromatic heterocycles. The van der Waals surface area contributed by atoms with Gasteiger partial charge < -0.3 is 4.74 Å². The molecule has 0 saturated heterocycles. The minimum Gasteiger partial charge on any atom is -0.468 e. The molecule has 2 aliphatic rings. The molecule has 2 nitrogen and oxygen atoms in total. The van der Waals surface area contributed by atoms with Crippen LogP contribution in [0.3, 0.4) is 0 Å². The van der Waals surface area contributed by atoms with Crippen molar-refractivity contribution in [3.63, 3.8) is 0 Å². The lowest BCUT2D eigenvalue weighted by Gasteiger charge is -2.32. The maximum absolute atomic E-state index is 11.7. The summed E-state index contributed by atoms with van der Waals surface area (Å²) in [6.45, 7) is 6.05. The minimum atomic E-state index is -0.377. The van der Waals surface area contributed by atoms with Crippen molar-refractivity contribution in [2.75, 3.05) is 7.11 Å². The van der Waals surface area contributed by atoms with Crippen LogP contribution in [0.2, 0.25) is 0 Å². The van der Waals surface area contributed by atoms with Crippen LogP contribution < -0.4 is 0 Å². The zero-order chi connectivity index (χ0) is 9.64. The highest BCUT2D eigenvalue weighted by Gasteiger charge is 2.55. The van der Waals surface area contributed by atoms with Crippen LogP contribution in [0.4, 0.5) is 0 Å². The Bertz CT molecular complexity index is 269. The second kappa shape index (κ2) is 2.60. The molecule has 0 aromatic rings. The number of hydrogen-bond acceptors (Lipinski definition) is 2. The third-order valence-corrected chi connectivity index (χ3v) is 4.02. The van der Waals surface area contributed by atoms with Gasteiger partial charge in [0.1, 0.15) is 0 Å². The summed E-state index contributed by atoms with van der Waals surface area (Å²) in [6, 6.07) is 0. The average Bonchev–Trinajstić information content (AvgIpc) is 2.69. The van der Waals surface area contributed by atoms with E-state index in [9.17, 15) is 4.79 Å². The summed E-state index contributed by atoms with van der Waals surface area (Å²) in [6.07, 6.45) is 3.52. The Balaban J connectivity index is 2.33. The van der Waals surface area contributed by atoms with Crippen molar-refractivity contribution in [3.8, 4) is 0 Å². The van der Waals surface area contributed by atoms with Crippen molar-refractivity contribution in [3.05, 3.63) is 12.2 Å². The summed E-state index contributed by atoms with van der Waals surface area (Å²) in [7, 11) is 1.47. The third-order valence-electron chi connectivity index (χ3n) is 4.02. The van der Waals surface area contributed by atoms with Gasteiger partial charge in [0.05, 0.1) is 12.5 Å². The summed E-state index contributed by atoms with van der Waals surface area (Å²) in [4.78, 5) is 11.7. The van der Waals surface area contributed by atoms with Crippen molar-refractivity contribution in [1.82, 2.24) is 0 Å². The number of rotatable bonds is 1. The lowest BCUT2D eigenvalue weighted by atomic mass is 9.72. The Morgan fingerprint density at radius 1 is 1.62 bits per heavy atom. The van der Waals surface area contributed by atoms with E-state index in [1.165, 1.54) is 13.5 Å². The van der Waals surface area contributed by atoms with Crippen molar-refractivity contribution >= 4 is 5.97 Å². The molecule has 2 fully saturated rings. The number of methoxy groups -OCH3 is 1. The van der Waals surface area contributed by atoms with Crippen molar-refractivity contribution in [2.24, 2.45) is 17.3 Å². The van der Waals surface area contributed by atoms with E-state index in [1.807, 2.05) is 6.92 Å². The van der Waals surface area contributed by atoms with E-state index < -0.39 is 0 Å². The molecule has 0 spiro atoms. The molecule has 0 N–H and O–H groups in total. The Hall–Kier alpha value is -0.790. The van der Waals surface area contributed by atoms with Gasteiger partial charge in [-0.05, 0) is 38.0 Å². The lowest BCUT2D eigenvalue weighted by Crippen LogP contribution is -2.36. The fraction of sp³-hybridized carbons (Fsp3) is 0.727. The average molecular weight is 180 g/mol. The molecule has 2 bridgehead atoms. The van der Waals surface area contributed by atoms with Gasteiger partial charge in [-0.15, -0.1) is 0 Å². The van der Waals surface area contributed by atoms with Gasteiger partial charge >= 0.3 is 5.97 Å². The molecule has 2 heteroatoms. The van der Waals surface area contributed by atoms with Gasteiger partial charge in [-0.25, -0.2) is 0 Å². The zero-order valence-corrected chi connectivity index (χ0v) is 8.30. The van der Waals surface area contributed by atoms with Gasteiger partial charge in [0.25, 0.3) is 0 Å². The van der Waals surface area contributed by atoms with E-state index in [2.05, 4.69) is 6.58 Å². The number of hydrogen-bond donors (Lipinski definition) is 0. The molecule has 0 amide bonds. The Morgan fingerprint density at radius 2 is 2.31 bits per heavy atom. The van der Waals surface area contributed by atoms with Gasteiger partial charge in [-0.2, -0.15) is 0 Å². The second-order valence-electron chi connectivity index (χ2n) is 4.43. The van der Waals surface area contributed by atoms with E-state index in [1.54, 1.807) is 0 Å². The number of carbonyl (C=O) groups excluding carboxylic acids is 1. The van der Waals surface area contributed by atoms with Gasteiger partial charge in [-0.1, -0.05) is 12.2 Å². The van der Waals surface area contributed by atoms with E-state index in [4.69, 9.17) is 4.74 Å². The van der Waals surface area contributed by atoms with Crippen LogP contribution >= 0.6 is 0 Å². The van der Waals surface area contributed by atoms with Crippen LogP contribution in [0.1, 0.15) is 26.2 Å². The summed E-state index contributed by atoms with van der Waals surface area (Å²) in [5.74, 6) is 0.969. The molecule has 3 atom stereocenters. The quantitative estimate of drug-likeness (QED) is 0.456. The van der Waals surface area contributed by atoms with E-state index in [0.717, 1.165) is 18.4 Å². The molecule has 0 radical (unpaired) electrons. The second-order valence-corrected chi connectivity index (χ2v) is 4.43. The first-order chi connectivity index (χ1) is 6.10. The zero-order valence-electron chi connectivity index (χ0n) is 8.30. The molecule has 2 saturated carbocycles. The normalized spacial score (nSPS) is 42.5. The largest absolute Gasteiger partial charge is 0.468 e. The topological polar surface area (TPSA) is 26.3 Å². The standard InChI is InChI=1S/C11H16O2/c1-7-8-4-5-9(6-8)11(7,2)10(12)13-3/h8-9H,1,4-6H2,2-3H3/t8-,9+,11-/m0/s1.